The van der Waals surface area contributed by atoms with Gasteiger partial charge in [-0.1, -0.05) is 6.92 Å². The molecule has 2 aliphatic rings. The fourth-order valence-electron chi connectivity index (χ4n) is 3.21. The van der Waals surface area contributed by atoms with Gasteiger partial charge in [0.2, 0.25) is 5.91 Å². The molecule has 0 spiro atoms. The molecule has 1 fully saturated rings. The van der Waals surface area contributed by atoms with Crippen molar-refractivity contribution >= 4 is 5.91 Å². The van der Waals surface area contributed by atoms with Crippen molar-refractivity contribution in [3.63, 3.8) is 0 Å². The molecule has 1 aromatic rings. The summed E-state index contributed by atoms with van der Waals surface area (Å²) in [5, 5.41) is 0. The van der Waals surface area contributed by atoms with Gasteiger partial charge in [-0.05, 0) is 25.2 Å². The molecule has 0 aromatic carbocycles. The molecule has 0 aliphatic carbocycles. The van der Waals surface area contributed by atoms with Crippen LogP contribution in [0.1, 0.15) is 32.0 Å². The topological polar surface area (TPSA) is 38.1 Å². The maximum Gasteiger partial charge on any atom is 0.226 e. The molecular formula is C14H21N3O. The van der Waals surface area contributed by atoms with Crippen molar-refractivity contribution in [2.75, 3.05) is 13.1 Å². The normalized spacial score (nSPS) is 27.9. The van der Waals surface area contributed by atoms with Gasteiger partial charge >= 0.3 is 0 Å². The largest absolute Gasteiger partial charge is 0.342 e. The second-order valence-electron chi connectivity index (χ2n) is 5.76. The number of likely N-dealkylation sites (tertiary alicyclic amines) is 1. The molecular weight excluding hydrogens is 226 g/mol. The molecule has 98 valence electrons. The van der Waals surface area contributed by atoms with E-state index in [-0.39, 0.29) is 5.92 Å². The summed E-state index contributed by atoms with van der Waals surface area (Å²) in [4.78, 5) is 18.9. The number of carbonyl (C=O) groups excluding carboxylic acids is 1. The third-order valence-corrected chi connectivity index (χ3v) is 4.27. The van der Waals surface area contributed by atoms with E-state index in [2.05, 4.69) is 21.4 Å². The van der Waals surface area contributed by atoms with Gasteiger partial charge in [0.25, 0.3) is 0 Å². The van der Waals surface area contributed by atoms with Gasteiger partial charge in [0.1, 0.15) is 5.82 Å². The summed E-state index contributed by atoms with van der Waals surface area (Å²) >= 11 is 0. The lowest BCUT2D eigenvalue weighted by Crippen LogP contribution is -2.44. The molecule has 4 heteroatoms. The van der Waals surface area contributed by atoms with Gasteiger partial charge in [-0.2, -0.15) is 0 Å². The van der Waals surface area contributed by atoms with Crippen LogP contribution in [0.4, 0.5) is 0 Å². The van der Waals surface area contributed by atoms with Gasteiger partial charge in [-0.25, -0.2) is 4.98 Å². The molecule has 0 radical (unpaired) electrons. The Morgan fingerprint density at radius 2 is 2.28 bits per heavy atom. The van der Waals surface area contributed by atoms with E-state index in [0.717, 1.165) is 44.7 Å². The fraction of sp³-hybridized carbons (Fsp3) is 0.714. The summed E-state index contributed by atoms with van der Waals surface area (Å²) < 4.78 is 2.17. The fourth-order valence-corrected chi connectivity index (χ4v) is 3.21. The minimum atomic E-state index is 0.158. The Hall–Kier alpha value is -1.32. The van der Waals surface area contributed by atoms with Crippen LogP contribution in [0.15, 0.2) is 12.4 Å². The summed E-state index contributed by atoms with van der Waals surface area (Å²) in [5.74, 6) is 2.25. The second-order valence-corrected chi connectivity index (χ2v) is 5.76. The maximum atomic E-state index is 12.5. The van der Waals surface area contributed by atoms with E-state index in [9.17, 15) is 4.79 Å². The number of piperidine rings is 1. The highest BCUT2D eigenvalue weighted by Gasteiger charge is 2.30. The number of hydrogen-bond donors (Lipinski definition) is 0. The van der Waals surface area contributed by atoms with Crippen LogP contribution in [0.2, 0.25) is 0 Å². The van der Waals surface area contributed by atoms with Crippen LogP contribution >= 0.6 is 0 Å². The highest BCUT2D eigenvalue weighted by Crippen LogP contribution is 2.24. The van der Waals surface area contributed by atoms with Crippen molar-refractivity contribution in [1.82, 2.24) is 14.5 Å². The Labute approximate surface area is 108 Å². The molecule has 0 bridgehead atoms. The third kappa shape index (κ3) is 2.16. The Balaban J connectivity index is 1.67. The molecule has 18 heavy (non-hydrogen) atoms. The van der Waals surface area contributed by atoms with E-state index in [1.54, 1.807) is 0 Å². The van der Waals surface area contributed by atoms with E-state index in [1.807, 2.05) is 12.4 Å². The monoisotopic (exact) mass is 247 g/mol. The van der Waals surface area contributed by atoms with Gasteiger partial charge < -0.3 is 9.47 Å². The first kappa shape index (κ1) is 11.8. The third-order valence-electron chi connectivity index (χ3n) is 4.27. The van der Waals surface area contributed by atoms with Gasteiger partial charge in [-0.3, -0.25) is 4.79 Å². The first-order chi connectivity index (χ1) is 8.74. The number of amides is 1. The molecule has 3 heterocycles. The highest BCUT2D eigenvalue weighted by molar-refractivity contribution is 5.79. The van der Waals surface area contributed by atoms with Crippen molar-refractivity contribution in [2.45, 2.75) is 39.2 Å². The van der Waals surface area contributed by atoms with E-state index in [0.29, 0.717) is 11.8 Å². The minimum Gasteiger partial charge on any atom is -0.342 e. The predicted octanol–water partition coefficient (Wildman–Crippen LogP) is 1.70. The zero-order chi connectivity index (χ0) is 12.5. The summed E-state index contributed by atoms with van der Waals surface area (Å²) in [6.45, 7) is 5.08. The smallest absolute Gasteiger partial charge is 0.226 e. The van der Waals surface area contributed by atoms with Crippen molar-refractivity contribution < 1.29 is 4.79 Å². The van der Waals surface area contributed by atoms with Crippen LogP contribution in [0.3, 0.4) is 0 Å². The van der Waals surface area contributed by atoms with Crippen molar-refractivity contribution in [1.29, 1.82) is 0 Å². The van der Waals surface area contributed by atoms with Crippen LogP contribution in [-0.2, 0) is 17.8 Å². The molecule has 2 unspecified atom stereocenters. The summed E-state index contributed by atoms with van der Waals surface area (Å²) in [5.41, 5.74) is 0. The number of imidazole rings is 1. The van der Waals surface area contributed by atoms with Gasteiger partial charge in [0.05, 0.1) is 0 Å². The van der Waals surface area contributed by atoms with E-state index in [1.165, 1.54) is 6.42 Å². The Kier molecular flexibility index (Phi) is 3.10. The minimum absolute atomic E-state index is 0.158. The van der Waals surface area contributed by atoms with Crippen molar-refractivity contribution in [2.24, 2.45) is 11.8 Å². The average Bonchev–Trinajstić information content (AvgIpc) is 2.85. The Morgan fingerprint density at radius 3 is 3.11 bits per heavy atom. The van der Waals surface area contributed by atoms with Crippen LogP contribution in [0.5, 0.6) is 0 Å². The van der Waals surface area contributed by atoms with E-state index < -0.39 is 0 Å². The Morgan fingerprint density at radius 1 is 1.39 bits per heavy atom. The van der Waals surface area contributed by atoms with Gasteiger partial charge in [0.15, 0.2) is 0 Å². The molecule has 2 aliphatic heterocycles. The standard InChI is InChI=1S/C14H21N3O/c1-11-3-2-6-17(10-11)14(18)12-4-7-16-8-5-15-13(16)9-12/h5,8,11-12H,2-4,6-7,9-10H2,1H3. The van der Waals surface area contributed by atoms with Gasteiger partial charge in [-0.15, -0.1) is 0 Å². The lowest BCUT2D eigenvalue weighted by molar-refractivity contribution is -0.138. The molecule has 0 N–H and O–H groups in total. The van der Waals surface area contributed by atoms with Crippen LogP contribution in [0, 0.1) is 11.8 Å². The lowest BCUT2D eigenvalue weighted by Gasteiger charge is -2.34. The zero-order valence-electron chi connectivity index (χ0n) is 11.0. The predicted molar refractivity (Wildman–Crippen MR) is 69.0 cm³/mol. The second kappa shape index (κ2) is 4.75. The summed E-state index contributed by atoms with van der Waals surface area (Å²) in [6.07, 6.45) is 8.06. The number of aryl methyl sites for hydroxylation is 1. The average molecular weight is 247 g/mol. The molecule has 2 atom stereocenters. The number of hydrogen-bond acceptors (Lipinski definition) is 2. The maximum absolute atomic E-state index is 12.5. The quantitative estimate of drug-likeness (QED) is 0.757. The lowest BCUT2D eigenvalue weighted by atomic mass is 9.93. The number of rotatable bonds is 1. The SMILES string of the molecule is CC1CCCN(C(=O)C2CCn3ccnc3C2)C1. The van der Waals surface area contributed by atoms with Crippen LogP contribution in [-0.4, -0.2) is 33.4 Å². The molecule has 1 amide bonds. The van der Waals surface area contributed by atoms with Crippen LogP contribution < -0.4 is 0 Å². The summed E-state index contributed by atoms with van der Waals surface area (Å²) in [7, 11) is 0. The number of carbonyl (C=O) groups is 1. The van der Waals surface area contributed by atoms with Gasteiger partial charge in [0, 0.05) is 44.4 Å². The van der Waals surface area contributed by atoms with E-state index in [4.69, 9.17) is 0 Å². The Bertz CT molecular complexity index is 440. The number of nitrogens with zero attached hydrogens (tertiary/aromatic N) is 3. The number of aromatic nitrogens is 2. The van der Waals surface area contributed by atoms with Crippen molar-refractivity contribution in [3.05, 3.63) is 18.2 Å². The molecule has 0 saturated carbocycles. The van der Waals surface area contributed by atoms with E-state index >= 15 is 0 Å². The first-order valence-corrected chi connectivity index (χ1v) is 7.03. The zero-order valence-corrected chi connectivity index (χ0v) is 11.0. The highest BCUT2D eigenvalue weighted by atomic mass is 16.2. The first-order valence-electron chi connectivity index (χ1n) is 7.03. The summed E-state index contributed by atoms with van der Waals surface area (Å²) in [6, 6.07) is 0. The number of fused-ring (bicyclic) bond motifs is 1. The molecule has 4 nitrogen and oxygen atoms in total. The van der Waals surface area contributed by atoms with Crippen molar-refractivity contribution in [3.8, 4) is 0 Å². The molecule has 1 saturated heterocycles. The molecule has 1 aromatic heterocycles. The molecule has 3 rings (SSSR count). The van der Waals surface area contributed by atoms with Crippen LogP contribution in [0.25, 0.3) is 0 Å².